The summed E-state index contributed by atoms with van der Waals surface area (Å²) in [6.07, 6.45) is 1.93. The van der Waals surface area contributed by atoms with Crippen molar-refractivity contribution in [1.82, 2.24) is 4.90 Å². The number of ether oxygens (including phenoxy) is 1. The maximum atomic E-state index is 10.6. The molecule has 2 rings (SSSR count). The molecule has 0 radical (unpaired) electrons. The molecule has 1 aromatic carbocycles. The van der Waals surface area contributed by atoms with Gasteiger partial charge in [-0.1, -0.05) is 30.3 Å². The molecule has 3 heteroatoms. The lowest BCUT2D eigenvalue weighted by Gasteiger charge is -2.30. The zero-order chi connectivity index (χ0) is 10.5. The van der Waals surface area contributed by atoms with E-state index in [-0.39, 0.29) is 6.10 Å². The monoisotopic (exact) mass is 205 g/mol. The van der Waals surface area contributed by atoms with E-state index in [1.165, 1.54) is 5.56 Å². The summed E-state index contributed by atoms with van der Waals surface area (Å²) in [5.74, 6) is 0. The Hall–Kier alpha value is -1.35. The summed E-state index contributed by atoms with van der Waals surface area (Å²) in [5.41, 5.74) is 1.26. The van der Waals surface area contributed by atoms with E-state index >= 15 is 0 Å². The van der Waals surface area contributed by atoms with Crippen LogP contribution in [-0.2, 0) is 16.0 Å². The van der Waals surface area contributed by atoms with Crippen LogP contribution < -0.4 is 0 Å². The molecule has 80 valence electrons. The van der Waals surface area contributed by atoms with E-state index in [0.717, 1.165) is 19.4 Å². The van der Waals surface area contributed by atoms with Crippen molar-refractivity contribution >= 4 is 6.41 Å². The number of rotatable bonds is 3. The fourth-order valence-corrected chi connectivity index (χ4v) is 1.84. The Morgan fingerprint density at radius 3 is 2.93 bits per heavy atom. The van der Waals surface area contributed by atoms with Crippen LogP contribution in [0, 0.1) is 0 Å². The Kier molecular flexibility index (Phi) is 3.35. The van der Waals surface area contributed by atoms with Gasteiger partial charge in [0.15, 0.2) is 0 Å². The lowest BCUT2D eigenvalue weighted by atomic mass is 10.1. The van der Waals surface area contributed by atoms with Crippen LogP contribution in [0.15, 0.2) is 30.3 Å². The first kappa shape index (κ1) is 10.2. The summed E-state index contributed by atoms with van der Waals surface area (Å²) in [4.78, 5) is 12.4. The van der Waals surface area contributed by atoms with Gasteiger partial charge in [-0.3, -0.25) is 4.79 Å². The number of nitrogens with zero attached hydrogens (tertiary/aromatic N) is 1. The van der Waals surface area contributed by atoms with Gasteiger partial charge in [0.2, 0.25) is 6.41 Å². The van der Waals surface area contributed by atoms with Gasteiger partial charge in [0.25, 0.3) is 0 Å². The summed E-state index contributed by atoms with van der Waals surface area (Å²) < 4.78 is 5.61. The van der Waals surface area contributed by atoms with E-state index in [1.54, 1.807) is 4.90 Å². The third-order valence-electron chi connectivity index (χ3n) is 2.63. The quantitative estimate of drug-likeness (QED) is 0.691. The third kappa shape index (κ3) is 2.80. The van der Waals surface area contributed by atoms with E-state index in [4.69, 9.17) is 4.74 Å². The number of hydrogen-bond donors (Lipinski definition) is 0. The molecule has 1 heterocycles. The number of morpholine rings is 1. The van der Waals surface area contributed by atoms with Gasteiger partial charge in [-0.2, -0.15) is 0 Å². The third-order valence-corrected chi connectivity index (χ3v) is 2.63. The lowest BCUT2D eigenvalue weighted by molar-refractivity contribution is -0.125. The van der Waals surface area contributed by atoms with Crippen LogP contribution >= 0.6 is 0 Å². The minimum Gasteiger partial charge on any atom is -0.374 e. The number of carbonyl (C=O) groups excluding carboxylic acids is 1. The average molecular weight is 205 g/mol. The molecule has 1 atom stereocenters. The van der Waals surface area contributed by atoms with Crippen LogP contribution in [-0.4, -0.2) is 37.1 Å². The van der Waals surface area contributed by atoms with Crippen molar-refractivity contribution < 1.29 is 9.53 Å². The molecule has 0 N–H and O–H groups in total. The van der Waals surface area contributed by atoms with Crippen LogP contribution in [0.3, 0.4) is 0 Å². The van der Waals surface area contributed by atoms with Crippen molar-refractivity contribution in [3.05, 3.63) is 35.9 Å². The highest BCUT2D eigenvalue weighted by Gasteiger charge is 2.19. The lowest BCUT2D eigenvalue weighted by Crippen LogP contribution is -2.42. The van der Waals surface area contributed by atoms with Crippen molar-refractivity contribution in [2.75, 3.05) is 19.7 Å². The Morgan fingerprint density at radius 2 is 2.20 bits per heavy atom. The first-order chi connectivity index (χ1) is 7.38. The largest absolute Gasteiger partial charge is 0.374 e. The minimum atomic E-state index is 0.145. The maximum Gasteiger partial charge on any atom is 0.209 e. The fraction of sp³-hybridized carbons (Fsp3) is 0.417. The second-order valence-corrected chi connectivity index (χ2v) is 3.78. The molecular weight excluding hydrogens is 190 g/mol. The maximum absolute atomic E-state index is 10.6. The predicted molar refractivity (Wildman–Crippen MR) is 57.5 cm³/mol. The minimum absolute atomic E-state index is 0.145. The van der Waals surface area contributed by atoms with Gasteiger partial charge < -0.3 is 9.64 Å². The molecule has 0 bridgehead atoms. The molecule has 1 aromatic rings. The van der Waals surface area contributed by atoms with Crippen molar-refractivity contribution in [1.29, 1.82) is 0 Å². The van der Waals surface area contributed by atoms with Gasteiger partial charge in [0.05, 0.1) is 12.7 Å². The van der Waals surface area contributed by atoms with Crippen molar-refractivity contribution in [3.8, 4) is 0 Å². The molecule has 1 saturated heterocycles. The summed E-state index contributed by atoms with van der Waals surface area (Å²) in [7, 11) is 0. The van der Waals surface area contributed by atoms with Gasteiger partial charge in [-0.15, -0.1) is 0 Å². The summed E-state index contributed by atoms with van der Waals surface area (Å²) in [5, 5.41) is 0. The Bertz CT molecular complexity index is 313. The predicted octanol–water partition coefficient (Wildman–Crippen LogP) is 1.09. The highest BCUT2D eigenvalue weighted by atomic mass is 16.5. The molecule has 1 fully saturated rings. The van der Waals surface area contributed by atoms with Crippen LogP contribution in [0.2, 0.25) is 0 Å². The second-order valence-electron chi connectivity index (χ2n) is 3.78. The number of amides is 1. The molecule has 3 nitrogen and oxygen atoms in total. The highest BCUT2D eigenvalue weighted by molar-refractivity contribution is 5.47. The van der Waals surface area contributed by atoms with E-state index < -0.39 is 0 Å². The Morgan fingerprint density at radius 1 is 1.40 bits per heavy atom. The van der Waals surface area contributed by atoms with Crippen LogP contribution in [0.4, 0.5) is 0 Å². The van der Waals surface area contributed by atoms with Gasteiger partial charge in [0, 0.05) is 19.5 Å². The van der Waals surface area contributed by atoms with Gasteiger partial charge in [-0.25, -0.2) is 0 Å². The number of benzene rings is 1. The van der Waals surface area contributed by atoms with Crippen LogP contribution in [0.25, 0.3) is 0 Å². The molecule has 1 amide bonds. The van der Waals surface area contributed by atoms with Crippen LogP contribution in [0.1, 0.15) is 5.56 Å². The SMILES string of the molecule is O=CN1CCOC(Cc2ccccc2)C1. The molecule has 0 spiro atoms. The fourth-order valence-electron chi connectivity index (χ4n) is 1.84. The number of hydrogen-bond acceptors (Lipinski definition) is 2. The molecule has 1 aliphatic heterocycles. The van der Waals surface area contributed by atoms with Gasteiger partial charge >= 0.3 is 0 Å². The molecule has 15 heavy (non-hydrogen) atoms. The van der Waals surface area contributed by atoms with Gasteiger partial charge in [0.1, 0.15) is 0 Å². The summed E-state index contributed by atoms with van der Waals surface area (Å²) >= 11 is 0. The first-order valence-electron chi connectivity index (χ1n) is 5.23. The molecule has 1 unspecified atom stereocenters. The average Bonchev–Trinajstić information content (AvgIpc) is 2.31. The molecule has 0 aliphatic carbocycles. The second kappa shape index (κ2) is 4.94. The van der Waals surface area contributed by atoms with E-state index in [1.807, 2.05) is 18.2 Å². The summed E-state index contributed by atoms with van der Waals surface area (Å²) in [6, 6.07) is 10.2. The van der Waals surface area contributed by atoms with Crippen LogP contribution in [0.5, 0.6) is 0 Å². The first-order valence-corrected chi connectivity index (χ1v) is 5.23. The molecule has 0 saturated carbocycles. The summed E-state index contributed by atoms with van der Waals surface area (Å²) in [6.45, 7) is 2.07. The van der Waals surface area contributed by atoms with Crippen molar-refractivity contribution in [2.45, 2.75) is 12.5 Å². The topological polar surface area (TPSA) is 29.5 Å². The zero-order valence-corrected chi connectivity index (χ0v) is 8.63. The van der Waals surface area contributed by atoms with E-state index in [9.17, 15) is 4.79 Å². The highest BCUT2D eigenvalue weighted by Crippen LogP contribution is 2.10. The standard InChI is InChI=1S/C12H15NO2/c14-10-13-6-7-15-12(9-13)8-11-4-2-1-3-5-11/h1-5,10,12H,6-9H2. The van der Waals surface area contributed by atoms with Crippen molar-refractivity contribution in [3.63, 3.8) is 0 Å². The Labute approximate surface area is 89.7 Å². The normalized spacial score (nSPS) is 21.3. The van der Waals surface area contributed by atoms with Crippen molar-refractivity contribution in [2.24, 2.45) is 0 Å². The molecule has 0 aromatic heterocycles. The molecule has 1 aliphatic rings. The van der Waals surface area contributed by atoms with Gasteiger partial charge in [-0.05, 0) is 5.56 Å². The van der Waals surface area contributed by atoms with E-state index in [2.05, 4.69) is 12.1 Å². The molecular formula is C12H15NO2. The number of carbonyl (C=O) groups is 1. The zero-order valence-electron chi connectivity index (χ0n) is 8.63. The Balaban J connectivity index is 1.92. The van der Waals surface area contributed by atoms with E-state index in [0.29, 0.717) is 13.2 Å². The smallest absolute Gasteiger partial charge is 0.209 e.